The highest BCUT2D eigenvalue weighted by atomic mass is 16.2. The Labute approximate surface area is 111 Å². The lowest BCUT2D eigenvalue weighted by atomic mass is 10.1. The van der Waals surface area contributed by atoms with Gasteiger partial charge >= 0.3 is 0 Å². The Bertz CT molecular complexity index is 630. The van der Waals surface area contributed by atoms with Crippen molar-refractivity contribution in [2.75, 3.05) is 19.8 Å². The average molecular weight is 259 g/mol. The third kappa shape index (κ3) is 2.42. The fraction of sp³-hybridized carbons (Fsp3) is 0.308. The van der Waals surface area contributed by atoms with Gasteiger partial charge in [-0.1, -0.05) is 0 Å². The number of aromatic nitrogens is 3. The van der Waals surface area contributed by atoms with E-state index in [4.69, 9.17) is 5.73 Å². The third-order valence-electron chi connectivity index (χ3n) is 2.79. The summed E-state index contributed by atoms with van der Waals surface area (Å²) in [6, 6.07) is 5.15. The minimum atomic E-state index is -0.0734. The van der Waals surface area contributed by atoms with Crippen LogP contribution in [-0.4, -0.2) is 39.7 Å². The molecule has 2 rings (SSSR count). The van der Waals surface area contributed by atoms with E-state index in [0.717, 1.165) is 5.82 Å². The summed E-state index contributed by atoms with van der Waals surface area (Å²) < 4.78 is 1.65. The number of benzene rings is 1. The smallest absolute Gasteiger partial charge is 0.253 e. The number of hydrogen-bond acceptors (Lipinski definition) is 4. The highest BCUT2D eigenvalue weighted by Crippen LogP contribution is 2.20. The van der Waals surface area contributed by atoms with Gasteiger partial charge in [-0.15, -0.1) is 0 Å². The summed E-state index contributed by atoms with van der Waals surface area (Å²) in [7, 11) is 3.42. The van der Waals surface area contributed by atoms with E-state index in [1.165, 1.54) is 4.90 Å². The second-order valence-corrected chi connectivity index (χ2v) is 4.59. The Morgan fingerprint density at radius 1 is 1.32 bits per heavy atom. The number of nitrogen functional groups attached to an aromatic ring is 1. The van der Waals surface area contributed by atoms with E-state index in [1.807, 2.05) is 13.8 Å². The number of nitrogens with two attached hydrogens (primary N) is 1. The fourth-order valence-corrected chi connectivity index (χ4v) is 1.87. The molecule has 1 aromatic carbocycles. The van der Waals surface area contributed by atoms with Crippen LogP contribution in [0.25, 0.3) is 5.69 Å². The first-order valence-electron chi connectivity index (χ1n) is 5.92. The zero-order valence-corrected chi connectivity index (χ0v) is 11.5. The molecular formula is C13H17N5O. The molecule has 1 amide bonds. The second kappa shape index (κ2) is 4.72. The van der Waals surface area contributed by atoms with Gasteiger partial charge in [0, 0.05) is 19.7 Å². The SMILES string of the molecule is Cc1nc(C)n(-c2cc(C(=O)N(C)C)ccc2N)n1. The molecule has 6 nitrogen and oxygen atoms in total. The molecule has 19 heavy (non-hydrogen) atoms. The maximum atomic E-state index is 12.0. The van der Waals surface area contributed by atoms with E-state index in [1.54, 1.807) is 37.0 Å². The molecule has 1 aromatic heterocycles. The van der Waals surface area contributed by atoms with Gasteiger partial charge in [-0.3, -0.25) is 4.79 Å². The van der Waals surface area contributed by atoms with E-state index in [2.05, 4.69) is 10.1 Å². The minimum absolute atomic E-state index is 0.0734. The Hall–Kier alpha value is -2.37. The van der Waals surface area contributed by atoms with E-state index < -0.39 is 0 Å². The van der Waals surface area contributed by atoms with E-state index in [0.29, 0.717) is 22.8 Å². The van der Waals surface area contributed by atoms with Crippen molar-refractivity contribution >= 4 is 11.6 Å². The van der Waals surface area contributed by atoms with Crippen LogP contribution in [0.5, 0.6) is 0 Å². The lowest BCUT2D eigenvalue weighted by Gasteiger charge is -2.13. The predicted octanol–water partition coefficient (Wildman–Crippen LogP) is 1.17. The molecule has 0 aliphatic heterocycles. The molecule has 0 radical (unpaired) electrons. The van der Waals surface area contributed by atoms with Crippen LogP contribution in [0, 0.1) is 13.8 Å². The molecule has 0 saturated carbocycles. The summed E-state index contributed by atoms with van der Waals surface area (Å²) in [5.74, 6) is 1.33. The highest BCUT2D eigenvalue weighted by Gasteiger charge is 2.13. The van der Waals surface area contributed by atoms with Gasteiger partial charge in [0.25, 0.3) is 5.91 Å². The van der Waals surface area contributed by atoms with Gasteiger partial charge in [0.05, 0.1) is 11.4 Å². The first-order valence-corrected chi connectivity index (χ1v) is 5.92. The van der Waals surface area contributed by atoms with Gasteiger partial charge < -0.3 is 10.6 Å². The largest absolute Gasteiger partial charge is 0.397 e. The zero-order chi connectivity index (χ0) is 14.2. The number of hydrogen-bond donors (Lipinski definition) is 1. The van der Waals surface area contributed by atoms with Crippen LogP contribution in [0.4, 0.5) is 5.69 Å². The van der Waals surface area contributed by atoms with Crippen molar-refractivity contribution in [1.82, 2.24) is 19.7 Å². The maximum Gasteiger partial charge on any atom is 0.253 e. The van der Waals surface area contributed by atoms with Crippen molar-refractivity contribution in [3.05, 3.63) is 35.4 Å². The molecule has 6 heteroatoms. The van der Waals surface area contributed by atoms with Gasteiger partial charge in [-0.05, 0) is 32.0 Å². The lowest BCUT2D eigenvalue weighted by molar-refractivity contribution is 0.0827. The van der Waals surface area contributed by atoms with Gasteiger partial charge in [0.1, 0.15) is 11.6 Å². The molecule has 1 heterocycles. The van der Waals surface area contributed by atoms with E-state index in [-0.39, 0.29) is 5.91 Å². The van der Waals surface area contributed by atoms with Gasteiger partial charge in [-0.2, -0.15) is 5.10 Å². The van der Waals surface area contributed by atoms with Crippen molar-refractivity contribution in [3.63, 3.8) is 0 Å². The van der Waals surface area contributed by atoms with Crippen LogP contribution >= 0.6 is 0 Å². The second-order valence-electron chi connectivity index (χ2n) is 4.59. The van der Waals surface area contributed by atoms with Crippen molar-refractivity contribution in [2.24, 2.45) is 0 Å². The minimum Gasteiger partial charge on any atom is -0.397 e. The molecule has 0 fully saturated rings. The maximum absolute atomic E-state index is 12.0. The van der Waals surface area contributed by atoms with Crippen LogP contribution < -0.4 is 5.73 Å². The van der Waals surface area contributed by atoms with Gasteiger partial charge in [0.2, 0.25) is 0 Å². The van der Waals surface area contributed by atoms with Gasteiger partial charge in [0.15, 0.2) is 0 Å². The molecule has 0 aliphatic carbocycles. The number of aryl methyl sites for hydroxylation is 2. The Balaban J connectivity index is 2.54. The first kappa shape index (κ1) is 13.1. The molecule has 0 spiro atoms. The topological polar surface area (TPSA) is 77.0 Å². The summed E-state index contributed by atoms with van der Waals surface area (Å²) in [4.78, 5) is 17.7. The van der Waals surface area contributed by atoms with E-state index >= 15 is 0 Å². The van der Waals surface area contributed by atoms with Crippen molar-refractivity contribution in [2.45, 2.75) is 13.8 Å². The molecular weight excluding hydrogens is 242 g/mol. The Kier molecular flexibility index (Phi) is 3.25. The number of anilines is 1. The predicted molar refractivity (Wildman–Crippen MR) is 73.3 cm³/mol. The molecule has 0 bridgehead atoms. The van der Waals surface area contributed by atoms with Crippen LogP contribution in [0.3, 0.4) is 0 Å². The molecule has 100 valence electrons. The Morgan fingerprint density at radius 2 is 2.00 bits per heavy atom. The third-order valence-corrected chi connectivity index (χ3v) is 2.79. The Morgan fingerprint density at radius 3 is 2.53 bits per heavy atom. The number of amides is 1. The number of nitrogens with zero attached hydrogens (tertiary/aromatic N) is 4. The zero-order valence-electron chi connectivity index (χ0n) is 11.5. The van der Waals surface area contributed by atoms with Crippen LogP contribution in [0.15, 0.2) is 18.2 Å². The summed E-state index contributed by atoms with van der Waals surface area (Å²) >= 11 is 0. The molecule has 2 N–H and O–H groups in total. The van der Waals surface area contributed by atoms with Crippen LogP contribution in [0.1, 0.15) is 22.0 Å². The number of carbonyl (C=O) groups excluding carboxylic acids is 1. The summed E-state index contributed by atoms with van der Waals surface area (Å²) in [5.41, 5.74) is 7.76. The fourth-order valence-electron chi connectivity index (χ4n) is 1.87. The quantitative estimate of drug-likeness (QED) is 0.821. The van der Waals surface area contributed by atoms with Crippen molar-refractivity contribution in [3.8, 4) is 5.69 Å². The molecule has 0 aliphatic rings. The summed E-state index contributed by atoms with van der Waals surface area (Å²) in [5, 5.41) is 4.29. The monoisotopic (exact) mass is 259 g/mol. The standard InChI is InChI=1S/C13H17N5O/c1-8-15-9(2)18(16-8)12-7-10(5-6-11(12)14)13(19)17(3)4/h5-7H,14H2,1-4H3. The molecule has 0 unspecified atom stereocenters. The van der Waals surface area contributed by atoms with Gasteiger partial charge in [-0.25, -0.2) is 9.67 Å². The normalized spacial score (nSPS) is 10.5. The van der Waals surface area contributed by atoms with Crippen LogP contribution in [-0.2, 0) is 0 Å². The average Bonchev–Trinajstić information content (AvgIpc) is 2.68. The van der Waals surface area contributed by atoms with Crippen molar-refractivity contribution < 1.29 is 4.79 Å². The molecule has 0 saturated heterocycles. The number of carbonyl (C=O) groups is 1. The van der Waals surface area contributed by atoms with Crippen molar-refractivity contribution in [1.29, 1.82) is 0 Å². The highest BCUT2D eigenvalue weighted by molar-refractivity contribution is 5.95. The summed E-state index contributed by atoms with van der Waals surface area (Å²) in [6.07, 6.45) is 0. The lowest BCUT2D eigenvalue weighted by Crippen LogP contribution is -2.22. The van der Waals surface area contributed by atoms with E-state index in [9.17, 15) is 4.79 Å². The molecule has 2 aromatic rings. The summed E-state index contributed by atoms with van der Waals surface area (Å²) in [6.45, 7) is 3.66. The van der Waals surface area contributed by atoms with Crippen LogP contribution in [0.2, 0.25) is 0 Å². The number of rotatable bonds is 2. The molecule has 0 atom stereocenters. The first-order chi connectivity index (χ1) is 8.90.